The Morgan fingerprint density at radius 2 is 2.19 bits per heavy atom. The zero-order chi connectivity index (χ0) is 11.6. The Labute approximate surface area is 92.9 Å². The third kappa shape index (κ3) is 2.08. The number of benzene rings is 1. The van der Waals surface area contributed by atoms with Crippen molar-refractivity contribution in [2.24, 2.45) is 5.41 Å². The van der Waals surface area contributed by atoms with Gasteiger partial charge in [0.25, 0.3) is 0 Å². The number of halogens is 2. The highest BCUT2D eigenvalue weighted by Gasteiger charge is 2.35. The molecule has 0 aromatic heterocycles. The van der Waals surface area contributed by atoms with Crippen LogP contribution in [0.25, 0.3) is 0 Å². The highest BCUT2D eigenvalue weighted by atomic mass is 19.2. The molecule has 0 spiro atoms. The Balaban J connectivity index is 2.22. The van der Waals surface area contributed by atoms with Gasteiger partial charge in [0.1, 0.15) is 0 Å². The highest BCUT2D eigenvalue weighted by Crippen LogP contribution is 2.33. The summed E-state index contributed by atoms with van der Waals surface area (Å²) in [5.41, 5.74) is -0.145. The third-order valence-corrected chi connectivity index (χ3v) is 3.12. The molecular formula is C12H14F2O2. The van der Waals surface area contributed by atoms with Crippen molar-refractivity contribution in [1.29, 1.82) is 0 Å². The Kier molecular flexibility index (Phi) is 3.21. The van der Waals surface area contributed by atoms with Gasteiger partial charge >= 0.3 is 0 Å². The van der Waals surface area contributed by atoms with Gasteiger partial charge in [-0.2, -0.15) is 0 Å². The molecule has 1 saturated heterocycles. The summed E-state index contributed by atoms with van der Waals surface area (Å²) in [6.07, 6.45) is 0.993. The molecule has 1 unspecified atom stereocenters. The molecule has 1 fully saturated rings. The van der Waals surface area contributed by atoms with Crippen LogP contribution in [-0.2, 0) is 11.2 Å². The molecule has 1 aliphatic heterocycles. The number of hydrogen-bond acceptors (Lipinski definition) is 2. The van der Waals surface area contributed by atoms with E-state index in [9.17, 15) is 13.9 Å². The molecule has 1 heterocycles. The number of aliphatic hydroxyl groups is 1. The van der Waals surface area contributed by atoms with Crippen molar-refractivity contribution in [3.05, 3.63) is 35.4 Å². The Bertz CT molecular complexity index is 373. The van der Waals surface area contributed by atoms with Gasteiger partial charge in [-0.25, -0.2) is 8.78 Å². The molecule has 1 aromatic carbocycles. The predicted molar refractivity (Wildman–Crippen MR) is 55.0 cm³/mol. The van der Waals surface area contributed by atoms with Crippen molar-refractivity contribution < 1.29 is 18.6 Å². The van der Waals surface area contributed by atoms with Crippen LogP contribution in [-0.4, -0.2) is 24.9 Å². The average Bonchev–Trinajstić information content (AvgIpc) is 2.74. The maximum absolute atomic E-state index is 13.5. The molecule has 0 saturated carbocycles. The summed E-state index contributed by atoms with van der Waals surface area (Å²) in [5.74, 6) is -1.66. The van der Waals surface area contributed by atoms with E-state index in [1.54, 1.807) is 6.07 Å². The van der Waals surface area contributed by atoms with Gasteiger partial charge in [0.05, 0.1) is 13.2 Å². The summed E-state index contributed by atoms with van der Waals surface area (Å²) in [6, 6.07) is 4.12. The van der Waals surface area contributed by atoms with E-state index in [0.29, 0.717) is 31.6 Å². The number of rotatable bonds is 3. The minimum Gasteiger partial charge on any atom is -0.396 e. The Hall–Kier alpha value is -1.00. The maximum Gasteiger partial charge on any atom is 0.162 e. The second-order valence-corrected chi connectivity index (χ2v) is 4.35. The lowest BCUT2D eigenvalue weighted by Gasteiger charge is -2.24. The molecule has 0 radical (unpaired) electrons. The molecule has 88 valence electrons. The van der Waals surface area contributed by atoms with Crippen molar-refractivity contribution in [3.63, 3.8) is 0 Å². The molecule has 1 atom stereocenters. The lowest BCUT2D eigenvalue weighted by molar-refractivity contribution is 0.0927. The van der Waals surface area contributed by atoms with Gasteiger partial charge in [-0.15, -0.1) is 0 Å². The van der Waals surface area contributed by atoms with E-state index < -0.39 is 17.0 Å². The van der Waals surface area contributed by atoms with Crippen LogP contribution in [0.4, 0.5) is 8.78 Å². The fraction of sp³-hybridized carbons (Fsp3) is 0.500. The molecular weight excluding hydrogens is 214 g/mol. The first-order valence-electron chi connectivity index (χ1n) is 5.28. The Morgan fingerprint density at radius 1 is 1.38 bits per heavy atom. The predicted octanol–water partition coefficient (Wildman–Crippen LogP) is 1.91. The molecule has 0 aliphatic carbocycles. The lowest BCUT2D eigenvalue weighted by Crippen LogP contribution is -2.29. The van der Waals surface area contributed by atoms with Gasteiger partial charge in [-0.05, 0) is 24.5 Å². The van der Waals surface area contributed by atoms with Crippen LogP contribution in [0, 0.1) is 17.0 Å². The minimum absolute atomic E-state index is 0.0665. The topological polar surface area (TPSA) is 29.5 Å². The van der Waals surface area contributed by atoms with Gasteiger partial charge in [-0.3, -0.25) is 0 Å². The third-order valence-electron chi connectivity index (χ3n) is 3.12. The van der Waals surface area contributed by atoms with E-state index in [1.165, 1.54) is 6.07 Å². The first-order valence-corrected chi connectivity index (χ1v) is 5.28. The zero-order valence-electron chi connectivity index (χ0n) is 8.88. The van der Waals surface area contributed by atoms with E-state index in [0.717, 1.165) is 6.07 Å². The summed E-state index contributed by atoms with van der Waals surface area (Å²) in [5, 5.41) is 9.34. The minimum atomic E-state index is -0.843. The molecule has 16 heavy (non-hydrogen) atoms. The van der Waals surface area contributed by atoms with E-state index in [4.69, 9.17) is 4.74 Å². The zero-order valence-corrected chi connectivity index (χ0v) is 8.88. The lowest BCUT2D eigenvalue weighted by atomic mass is 9.81. The van der Waals surface area contributed by atoms with Crippen LogP contribution < -0.4 is 0 Å². The summed E-state index contributed by atoms with van der Waals surface area (Å²) in [7, 11) is 0. The van der Waals surface area contributed by atoms with Crippen LogP contribution in [0.1, 0.15) is 12.0 Å². The van der Waals surface area contributed by atoms with Crippen LogP contribution in [0.3, 0.4) is 0 Å². The molecule has 4 heteroatoms. The molecule has 0 bridgehead atoms. The molecule has 1 aliphatic rings. The molecule has 1 aromatic rings. The van der Waals surface area contributed by atoms with Gasteiger partial charge in [0.2, 0.25) is 0 Å². The van der Waals surface area contributed by atoms with E-state index >= 15 is 0 Å². The van der Waals surface area contributed by atoms with Crippen molar-refractivity contribution in [1.82, 2.24) is 0 Å². The monoisotopic (exact) mass is 228 g/mol. The summed E-state index contributed by atoms with van der Waals surface area (Å²) in [6.45, 7) is 0.903. The fourth-order valence-corrected chi connectivity index (χ4v) is 2.06. The van der Waals surface area contributed by atoms with Crippen molar-refractivity contribution >= 4 is 0 Å². The average molecular weight is 228 g/mol. The quantitative estimate of drug-likeness (QED) is 0.856. The normalized spacial score (nSPS) is 24.9. The first kappa shape index (κ1) is 11.5. The van der Waals surface area contributed by atoms with Gasteiger partial charge in [0, 0.05) is 12.0 Å². The number of aliphatic hydroxyl groups excluding tert-OH is 1. The summed E-state index contributed by atoms with van der Waals surface area (Å²) < 4.78 is 31.7. The smallest absolute Gasteiger partial charge is 0.162 e. The standard InChI is InChI=1S/C12H14F2O2/c13-10-3-1-2-9(11(10)14)6-12(7-15)4-5-16-8-12/h1-3,15H,4-8H2. The van der Waals surface area contributed by atoms with Crippen LogP contribution >= 0.6 is 0 Å². The molecule has 2 nitrogen and oxygen atoms in total. The number of ether oxygens (including phenoxy) is 1. The fourth-order valence-electron chi connectivity index (χ4n) is 2.06. The van der Waals surface area contributed by atoms with Crippen LogP contribution in [0.15, 0.2) is 18.2 Å². The van der Waals surface area contributed by atoms with E-state index in [-0.39, 0.29) is 6.61 Å². The van der Waals surface area contributed by atoms with Crippen LogP contribution in [0.2, 0.25) is 0 Å². The number of hydrogen-bond donors (Lipinski definition) is 1. The second kappa shape index (κ2) is 4.47. The van der Waals surface area contributed by atoms with E-state index in [2.05, 4.69) is 0 Å². The van der Waals surface area contributed by atoms with Crippen molar-refractivity contribution in [2.45, 2.75) is 12.8 Å². The van der Waals surface area contributed by atoms with Gasteiger partial charge in [0.15, 0.2) is 11.6 Å². The molecule has 0 amide bonds. The molecule has 1 N–H and O–H groups in total. The van der Waals surface area contributed by atoms with E-state index in [1.807, 2.05) is 0 Å². The summed E-state index contributed by atoms with van der Waals surface area (Å²) in [4.78, 5) is 0. The first-order chi connectivity index (χ1) is 7.67. The Morgan fingerprint density at radius 3 is 2.81 bits per heavy atom. The highest BCUT2D eigenvalue weighted by molar-refractivity contribution is 5.20. The van der Waals surface area contributed by atoms with Gasteiger partial charge < -0.3 is 9.84 Å². The molecule has 2 rings (SSSR count). The maximum atomic E-state index is 13.5. The second-order valence-electron chi connectivity index (χ2n) is 4.35. The van der Waals surface area contributed by atoms with Crippen molar-refractivity contribution in [2.75, 3.05) is 19.8 Å². The SMILES string of the molecule is OCC1(Cc2cccc(F)c2F)CCOC1. The van der Waals surface area contributed by atoms with Crippen molar-refractivity contribution in [3.8, 4) is 0 Å². The largest absolute Gasteiger partial charge is 0.396 e. The summed E-state index contributed by atoms with van der Waals surface area (Å²) >= 11 is 0. The van der Waals surface area contributed by atoms with Crippen LogP contribution in [0.5, 0.6) is 0 Å². The van der Waals surface area contributed by atoms with Gasteiger partial charge in [-0.1, -0.05) is 12.1 Å².